The standard InChI is InChI=1S/C28H36N2O4/c1-7-16-34-22-12-13-23(19(4)17-22)26(31)24-25(21-10-8-20(9-11-21)18(2)3)30(15-14-29(5)6)28(33)27(24)32/h8-13,17-18,25,31H,7,14-16H2,1-6H3. The summed E-state index contributed by atoms with van der Waals surface area (Å²) in [5.74, 6) is -0.307. The highest BCUT2D eigenvalue weighted by atomic mass is 16.5. The normalized spacial score (nSPS) is 17.8. The van der Waals surface area contributed by atoms with Gasteiger partial charge in [0.25, 0.3) is 11.7 Å². The summed E-state index contributed by atoms with van der Waals surface area (Å²) in [5, 5.41) is 11.4. The van der Waals surface area contributed by atoms with Gasteiger partial charge in [0.2, 0.25) is 0 Å². The number of hydrogen-bond acceptors (Lipinski definition) is 5. The molecule has 1 amide bonds. The number of amides is 1. The lowest BCUT2D eigenvalue weighted by molar-refractivity contribution is -0.140. The van der Waals surface area contributed by atoms with E-state index in [2.05, 4.69) is 13.8 Å². The minimum Gasteiger partial charge on any atom is -0.507 e. The summed E-state index contributed by atoms with van der Waals surface area (Å²) in [7, 11) is 3.85. The van der Waals surface area contributed by atoms with Crippen molar-refractivity contribution >= 4 is 17.4 Å². The Morgan fingerprint density at radius 2 is 1.79 bits per heavy atom. The quantitative estimate of drug-likeness (QED) is 0.325. The summed E-state index contributed by atoms with van der Waals surface area (Å²) in [6, 6.07) is 12.7. The average molecular weight is 465 g/mol. The smallest absolute Gasteiger partial charge is 0.295 e. The van der Waals surface area contributed by atoms with E-state index in [1.807, 2.05) is 63.2 Å². The van der Waals surface area contributed by atoms with Gasteiger partial charge in [-0.15, -0.1) is 0 Å². The Morgan fingerprint density at radius 3 is 2.35 bits per heavy atom. The predicted octanol–water partition coefficient (Wildman–Crippen LogP) is 4.89. The third-order valence-electron chi connectivity index (χ3n) is 6.17. The first-order chi connectivity index (χ1) is 16.1. The Balaban J connectivity index is 2.10. The molecule has 1 aliphatic heterocycles. The van der Waals surface area contributed by atoms with E-state index in [9.17, 15) is 14.7 Å². The molecule has 0 radical (unpaired) electrons. The van der Waals surface area contributed by atoms with Crippen LogP contribution in [-0.2, 0) is 9.59 Å². The molecule has 34 heavy (non-hydrogen) atoms. The van der Waals surface area contributed by atoms with Gasteiger partial charge < -0.3 is 19.6 Å². The summed E-state index contributed by atoms with van der Waals surface area (Å²) in [5.41, 5.74) is 3.42. The second-order valence-electron chi connectivity index (χ2n) is 9.44. The first kappa shape index (κ1) is 25.5. The third-order valence-corrected chi connectivity index (χ3v) is 6.17. The van der Waals surface area contributed by atoms with Crippen LogP contribution in [0.4, 0.5) is 0 Å². The average Bonchev–Trinajstić information content (AvgIpc) is 3.05. The zero-order valence-corrected chi connectivity index (χ0v) is 21.1. The van der Waals surface area contributed by atoms with Crippen LogP contribution in [0.1, 0.15) is 61.4 Å². The van der Waals surface area contributed by atoms with Gasteiger partial charge in [-0.05, 0) is 68.2 Å². The molecule has 1 atom stereocenters. The fourth-order valence-electron chi connectivity index (χ4n) is 4.18. The van der Waals surface area contributed by atoms with Gasteiger partial charge in [0.05, 0.1) is 18.2 Å². The van der Waals surface area contributed by atoms with Crippen molar-refractivity contribution in [2.45, 2.75) is 46.1 Å². The summed E-state index contributed by atoms with van der Waals surface area (Å²) < 4.78 is 5.70. The molecule has 0 aromatic heterocycles. The number of nitrogens with zero attached hydrogens (tertiary/aromatic N) is 2. The van der Waals surface area contributed by atoms with Crippen molar-refractivity contribution in [2.75, 3.05) is 33.8 Å². The lowest BCUT2D eigenvalue weighted by Crippen LogP contribution is -2.35. The molecular weight excluding hydrogens is 428 g/mol. The van der Waals surface area contributed by atoms with Crippen molar-refractivity contribution < 1.29 is 19.4 Å². The Morgan fingerprint density at radius 1 is 1.12 bits per heavy atom. The molecule has 6 nitrogen and oxygen atoms in total. The number of benzene rings is 2. The van der Waals surface area contributed by atoms with E-state index < -0.39 is 17.7 Å². The van der Waals surface area contributed by atoms with E-state index in [0.717, 1.165) is 17.5 Å². The van der Waals surface area contributed by atoms with Crippen molar-refractivity contribution in [3.63, 3.8) is 0 Å². The number of likely N-dealkylation sites (N-methyl/N-ethyl adjacent to an activating group) is 1. The van der Waals surface area contributed by atoms with Crippen molar-refractivity contribution in [2.24, 2.45) is 0 Å². The number of carbonyl (C=O) groups is 2. The van der Waals surface area contributed by atoms with Crippen LogP contribution in [0.3, 0.4) is 0 Å². The Labute approximate surface area is 202 Å². The predicted molar refractivity (Wildman–Crippen MR) is 135 cm³/mol. The van der Waals surface area contributed by atoms with Crippen LogP contribution in [0.5, 0.6) is 5.75 Å². The zero-order chi connectivity index (χ0) is 25.0. The van der Waals surface area contributed by atoms with E-state index in [4.69, 9.17) is 4.74 Å². The van der Waals surface area contributed by atoms with Crippen molar-refractivity contribution in [3.05, 3.63) is 70.3 Å². The molecule has 0 spiro atoms. The van der Waals surface area contributed by atoms with E-state index in [1.54, 1.807) is 17.0 Å². The van der Waals surface area contributed by atoms with Gasteiger partial charge in [-0.3, -0.25) is 9.59 Å². The second-order valence-corrected chi connectivity index (χ2v) is 9.44. The molecule has 2 aromatic rings. The maximum atomic E-state index is 13.2. The largest absolute Gasteiger partial charge is 0.507 e. The molecule has 1 fully saturated rings. The summed E-state index contributed by atoms with van der Waals surface area (Å²) in [6.07, 6.45) is 0.896. The molecule has 1 unspecified atom stereocenters. The van der Waals surface area contributed by atoms with Crippen LogP contribution in [0.15, 0.2) is 48.0 Å². The Bertz CT molecular complexity index is 1070. The highest BCUT2D eigenvalue weighted by Gasteiger charge is 2.46. The highest BCUT2D eigenvalue weighted by Crippen LogP contribution is 2.40. The molecule has 0 bridgehead atoms. The number of hydrogen-bond donors (Lipinski definition) is 1. The summed E-state index contributed by atoms with van der Waals surface area (Å²) in [6.45, 7) is 9.74. The Hall–Kier alpha value is -3.12. The number of rotatable bonds is 9. The molecule has 6 heteroatoms. The number of carbonyl (C=O) groups excluding carboxylic acids is 2. The molecule has 1 heterocycles. The van der Waals surface area contributed by atoms with Crippen LogP contribution in [0.25, 0.3) is 5.76 Å². The van der Waals surface area contributed by atoms with Crippen LogP contribution < -0.4 is 4.74 Å². The van der Waals surface area contributed by atoms with Crippen LogP contribution in [-0.4, -0.2) is 60.4 Å². The SMILES string of the molecule is CCCOc1ccc(C(O)=C2C(=O)C(=O)N(CCN(C)C)C2c2ccc(C(C)C)cc2)c(C)c1. The molecule has 1 N–H and O–H groups in total. The Kier molecular flexibility index (Phi) is 8.15. The third kappa shape index (κ3) is 5.33. The van der Waals surface area contributed by atoms with Crippen LogP contribution in [0, 0.1) is 6.92 Å². The van der Waals surface area contributed by atoms with Gasteiger partial charge in [0.1, 0.15) is 11.5 Å². The summed E-state index contributed by atoms with van der Waals surface area (Å²) >= 11 is 0. The van der Waals surface area contributed by atoms with Crippen LogP contribution in [0.2, 0.25) is 0 Å². The molecule has 1 aliphatic rings. The first-order valence-electron chi connectivity index (χ1n) is 11.9. The zero-order valence-electron chi connectivity index (χ0n) is 21.1. The maximum Gasteiger partial charge on any atom is 0.295 e. The van der Waals surface area contributed by atoms with E-state index in [-0.39, 0.29) is 11.3 Å². The number of aliphatic hydroxyl groups is 1. The molecular formula is C28H36N2O4. The minimum absolute atomic E-state index is 0.131. The minimum atomic E-state index is -0.653. The monoisotopic (exact) mass is 464 g/mol. The van der Waals surface area contributed by atoms with Gasteiger partial charge in [-0.2, -0.15) is 0 Å². The van der Waals surface area contributed by atoms with Crippen molar-refractivity contribution in [1.82, 2.24) is 9.80 Å². The lowest BCUT2D eigenvalue weighted by atomic mass is 9.92. The molecule has 0 aliphatic carbocycles. The first-order valence-corrected chi connectivity index (χ1v) is 11.9. The van der Waals surface area contributed by atoms with Gasteiger partial charge in [-0.25, -0.2) is 0 Å². The molecule has 3 rings (SSSR count). The van der Waals surface area contributed by atoms with E-state index in [1.165, 1.54) is 5.56 Å². The summed E-state index contributed by atoms with van der Waals surface area (Å²) in [4.78, 5) is 29.8. The van der Waals surface area contributed by atoms with Crippen molar-refractivity contribution in [3.8, 4) is 5.75 Å². The van der Waals surface area contributed by atoms with Crippen molar-refractivity contribution in [1.29, 1.82) is 0 Å². The highest BCUT2D eigenvalue weighted by molar-refractivity contribution is 6.46. The molecule has 1 saturated heterocycles. The van der Waals surface area contributed by atoms with E-state index in [0.29, 0.717) is 36.9 Å². The molecule has 2 aromatic carbocycles. The van der Waals surface area contributed by atoms with E-state index >= 15 is 0 Å². The topological polar surface area (TPSA) is 70.1 Å². The van der Waals surface area contributed by atoms with Gasteiger partial charge in [-0.1, -0.05) is 45.0 Å². The number of aryl methyl sites for hydroxylation is 1. The fourth-order valence-corrected chi connectivity index (χ4v) is 4.18. The number of ether oxygens (including phenoxy) is 1. The fraction of sp³-hybridized carbons (Fsp3) is 0.429. The van der Waals surface area contributed by atoms with Gasteiger partial charge >= 0.3 is 0 Å². The molecule has 182 valence electrons. The number of Topliss-reactive ketones (excluding diaryl/α,β-unsaturated/α-hetero) is 1. The lowest BCUT2D eigenvalue weighted by Gasteiger charge is -2.27. The van der Waals surface area contributed by atoms with Crippen LogP contribution >= 0.6 is 0 Å². The number of aliphatic hydroxyl groups excluding tert-OH is 1. The molecule has 0 saturated carbocycles. The second kappa shape index (κ2) is 10.9. The maximum absolute atomic E-state index is 13.2. The van der Waals surface area contributed by atoms with Gasteiger partial charge in [0, 0.05) is 18.7 Å². The number of likely N-dealkylation sites (tertiary alicyclic amines) is 1. The number of ketones is 1. The van der Waals surface area contributed by atoms with Gasteiger partial charge in [0.15, 0.2) is 0 Å².